The number of epoxide rings is 2. The van der Waals surface area contributed by atoms with E-state index in [4.69, 9.17) is 28.4 Å². The second kappa shape index (κ2) is 13.3. The SMILES string of the molecule is CC(COCc1ccc(-c2ccc(OCC3CO3)cc2)cc1)OCc1ccc(-c2ccc(OCC3CO3)cc2)cc1. The molecular formula is C35H36O6. The molecule has 6 heteroatoms. The minimum atomic E-state index is -0.00487. The maximum absolute atomic E-state index is 6.03. The fraction of sp³-hybridized carbons (Fsp3) is 0.314. The van der Waals surface area contributed by atoms with E-state index in [1.54, 1.807) is 0 Å². The van der Waals surface area contributed by atoms with Gasteiger partial charge in [-0.05, 0) is 64.6 Å². The third-order valence-electron chi connectivity index (χ3n) is 7.12. The molecule has 3 unspecified atom stereocenters. The van der Waals surface area contributed by atoms with Crippen molar-refractivity contribution in [2.24, 2.45) is 0 Å². The summed E-state index contributed by atoms with van der Waals surface area (Å²) in [4.78, 5) is 0. The van der Waals surface area contributed by atoms with Crippen LogP contribution in [0.3, 0.4) is 0 Å². The summed E-state index contributed by atoms with van der Waals surface area (Å²) in [6, 6.07) is 33.3. The van der Waals surface area contributed by atoms with Crippen LogP contribution in [-0.2, 0) is 32.2 Å². The summed E-state index contributed by atoms with van der Waals surface area (Å²) in [5.41, 5.74) is 6.92. The van der Waals surface area contributed by atoms with Gasteiger partial charge in [0.25, 0.3) is 0 Å². The Morgan fingerprint density at radius 1 is 0.585 bits per heavy atom. The van der Waals surface area contributed by atoms with E-state index >= 15 is 0 Å². The fourth-order valence-corrected chi connectivity index (χ4v) is 4.41. The monoisotopic (exact) mass is 552 g/mol. The molecule has 0 N–H and O–H groups in total. The standard InChI is InChI=1S/C35H36O6/c1-25(37-20-27-4-8-29(9-5-27)31-12-16-33(17-13-31)39-22-35-24-41-35)18-36-19-26-2-6-28(7-3-26)30-10-14-32(15-11-30)38-21-34-23-40-34/h2-17,25,34-35H,18-24H2,1H3. The number of hydrogen-bond acceptors (Lipinski definition) is 6. The van der Waals surface area contributed by atoms with Gasteiger partial charge in [0.2, 0.25) is 0 Å². The van der Waals surface area contributed by atoms with Crippen LogP contribution in [0.1, 0.15) is 18.1 Å². The van der Waals surface area contributed by atoms with Crippen LogP contribution in [0.2, 0.25) is 0 Å². The second-order valence-electron chi connectivity index (χ2n) is 10.6. The van der Waals surface area contributed by atoms with Gasteiger partial charge in [-0.1, -0.05) is 72.8 Å². The van der Waals surface area contributed by atoms with E-state index in [-0.39, 0.29) is 18.3 Å². The van der Waals surface area contributed by atoms with Crippen molar-refractivity contribution in [3.63, 3.8) is 0 Å². The Bertz CT molecular complexity index is 1360. The predicted octanol–water partition coefficient (Wildman–Crippen LogP) is 6.70. The van der Waals surface area contributed by atoms with Crippen LogP contribution in [0.5, 0.6) is 11.5 Å². The average molecular weight is 553 g/mol. The van der Waals surface area contributed by atoms with Crippen molar-refractivity contribution < 1.29 is 28.4 Å². The lowest BCUT2D eigenvalue weighted by Gasteiger charge is -2.14. The van der Waals surface area contributed by atoms with E-state index in [2.05, 4.69) is 72.8 Å². The molecule has 2 heterocycles. The van der Waals surface area contributed by atoms with Gasteiger partial charge in [0, 0.05) is 0 Å². The van der Waals surface area contributed by atoms with Gasteiger partial charge in [-0.3, -0.25) is 0 Å². The molecule has 0 bridgehead atoms. The van der Waals surface area contributed by atoms with Gasteiger partial charge >= 0.3 is 0 Å². The van der Waals surface area contributed by atoms with Crippen molar-refractivity contribution >= 4 is 0 Å². The maximum Gasteiger partial charge on any atom is 0.119 e. The molecule has 3 atom stereocenters. The number of ether oxygens (including phenoxy) is 6. The Balaban J connectivity index is 0.896. The zero-order valence-electron chi connectivity index (χ0n) is 23.4. The van der Waals surface area contributed by atoms with Gasteiger partial charge in [0.1, 0.15) is 36.9 Å². The van der Waals surface area contributed by atoms with Crippen LogP contribution in [0, 0.1) is 0 Å². The fourth-order valence-electron chi connectivity index (χ4n) is 4.41. The Kier molecular flexibility index (Phi) is 8.93. The second-order valence-corrected chi connectivity index (χ2v) is 10.6. The molecule has 0 radical (unpaired) electrons. The Labute approximate surface area is 241 Å². The van der Waals surface area contributed by atoms with E-state index in [9.17, 15) is 0 Å². The molecule has 2 fully saturated rings. The largest absolute Gasteiger partial charge is 0.491 e. The highest BCUT2D eigenvalue weighted by molar-refractivity contribution is 5.65. The molecule has 0 aliphatic carbocycles. The van der Waals surface area contributed by atoms with E-state index in [1.807, 2.05) is 31.2 Å². The highest BCUT2D eigenvalue weighted by atomic mass is 16.6. The third kappa shape index (κ3) is 8.41. The third-order valence-corrected chi connectivity index (χ3v) is 7.12. The topological polar surface area (TPSA) is 62.0 Å². The first-order chi connectivity index (χ1) is 20.2. The molecule has 0 aromatic heterocycles. The minimum absolute atomic E-state index is 0.00487. The van der Waals surface area contributed by atoms with Crippen molar-refractivity contribution in [3.05, 3.63) is 108 Å². The lowest BCUT2D eigenvalue weighted by Crippen LogP contribution is -2.15. The first-order valence-electron chi connectivity index (χ1n) is 14.2. The molecule has 2 aliphatic rings. The summed E-state index contributed by atoms with van der Waals surface area (Å²) in [7, 11) is 0. The number of hydrogen-bond donors (Lipinski definition) is 0. The number of benzene rings is 4. The van der Waals surface area contributed by atoms with Crippen LogP contribution in [0.4, 0.5) is 0 Å². The Hall–Kier alpha value is -3.68. The van der Waals surface area contributed by atoms with E-state index in [1.165, 1.54) is 11.1 Å². The molecule has 41 heavy (non-hydrogen) atoms. The molecule has 2 aliphatic heterocycles. The quantitative estimate of drug-likeness (QED) is 0.153. The molecule has 2 saturated heterocycles. The van der Waals surface area contributed by atoms with Crippen molar-refractivity contribution in [2.75, 3.05) is 33.0 Å². The number of rotatable bonds is 15. The molecule has 0 saturated carbocycles. The molecule has 6 nitrogen and oxygen atoms in total. The minimum Gasteiger partial charge on any atom is -0.491 e. The zero-order chi connectivity index (χ0) is 27.9. The smallest absolute Gasteiger partial charge is 0.119 e. The summed E-state index contributed by atoms with van der Waals surface area (Å²) < 4.78 is 33.8. The predicted molar refractivity (Wildman–Crippen MR) is 158 cm³/mol. The van der Waals surface area contributed by atoms with Gasteiger partial charge in [0.15, 0.2) is 0 Å². The van der Waals surface area contributed by atoms with Crippen LogP contribution < -0.4 is 9.47 Å². The van der Waals surface area contributed by atoms with E-state index in [0.29, 0.717) is 33.0 Å². The van der Waals surface area contributed by atoms with Gasteiger partial charge in [-0.15, -0.1) is 0 Å². The summed E-state index contributed by atoms with van der Waals surface area (Å²) in [6.45, 7) is 6.53. The Morgan fingerprint density at radius 3 is 1.39 bits per heavy atom. The molecular weight excluding hydrogens is 516 g/mol. The average Bonchev–Trinajstić information content (AvgIpc) is 3.95. The van der Waals surface area contributed by atoms with Crippen molar-refractivity contribution in [3.8, 4) is 33.8 Å². The van der Waals surface area contributed by atoms with Crippen LogP contribution in [-0.4, -0.2) is 51.3 Å². The van der Waals surface area contributed by atoms with Gasteiger partial charge < -0.3 is 28.4 Å². The van der Waals surface area contributed by atoms with Crippen LogP contribution in [0.25, 0.3) is 22.3 Å². The zero-order valence-corrected chi connectivity index (χ0v) is 23.4. The highest BCUT2D eigenvalue weighted by Crippen LogP contribution is 2.25. The lowest BCUT2D eigenvalue weighted by atomic mass is 10.0. The molecule has 212 valence electrons. The molecule has 0 amide bonds. The van der Waals surface area contributed by atoms with Crippen molar-refractivity contribution in [1.82, 2.24) is 0 Å². The first-order valence-corrected chi connectivity index (χ1v) is 14.2. The lowest BCUT2D eigenvalue weighted by molar-refractivity contribution is -0.0197. The summed E-state index contributed by atoms with van der Waals surface area (Å²) >= 11 is 0. The first kappa shape index (κ1) is 27.5. The van der Waals surface area contributed by atoms with Gasteiger partial charge in [-0.2, -0.15) is 0 Å². The normalized spacial score (nSPS) is 18.1. The maximum atomic E-state index is 6.03. The molecule has 4 aromatic carbocycles. The van der Waals surface area contributed by atoms with Gasteiger partial charge in [0.05, 0.1) is 39.1 Å². The van der Waals surface area contributed by atoms with Crippen LogP contribution >= 0.6 is 0 Å². The van der Waals surface area contributed by atoms with Crippen LogP contribution in [0.15, 0.2) is 97.1 Å². The summed E-state index contributed by atoms with van der Waals surface area (Å²) in [5.74, 6) is 1.74. The summed E-state index contributed by atoms with van der Waals surface area (Å²) in [6.07, 6.45) is 0.523. The summed E-state index contributed by atoms with van der Waals surface area (Å²) in [5, 5.41) is 0. The van der Waals surface area contributed by atoms with Crippen molar-refractivity contribution in [2.45, 2.75) is 38.4 Å². The van der Waals surface area contributed by atoms with Gasteiger partial charge in [-0.25, -0.2) is 0 Å². The van der Waals surface area contributed by atoms with Crippen molar-refractivity contribution in [1.29, 1.82) is 0 Å². The molecule has 6 rings (SSSR count). The molecule has 0 spiro atoms. The highest BCUT2D eigenvalue weighted by Gasteiger charge is 2.23. The van der Waals surface area contributed by atoms with E-state index < -0.39 is 0 Å². The Morgan fingerprint density at radius 2 is 0.976 bits per heavy atom. The molecule has 4 aromatic rings. The van der Waals surface area contributed by atoms with E-state index in [0.717, 1.165) is 47.0 Å².